The van der Waals surface area contributed by atoms with Gasteiger partial charge in [-0.25, -0.2) is 9.50 Å². The van der Waals surface area contributed by atoms with E-state index in [1.165, 1.54) is 12.1 Å². The van der Waals surface area contributed by atoms with Gasteiger partial charge in [-0.15, -0.1) is 5.10 Å². The molecule has 0 spiro atoms. The van der Waals surface area contributed by atoms with Crippen molar-refractivity contribution in [3.63, 3.8) is 0 Å². The van der Waals surface area contributed by atoms with Gasteiger partial charge >= 0.3 is 6.18 Å². The highest BCUT2D eigenvalue weighted by Gasteiger charge is 2.34. The van der Waals surface area contributed by atoms with Crippen LogP contribution in [-0.2, 0) is 19.3 Å². The molecule has 2 aromatic carbocycles. The minimum atomic E-state index is -4.57. The smallest absolute Gasteiger partial charge is 0.416 e. The molecule has 5 rings (SSSR count). The highest BCUT2D eigenvalue weighted by molar-refractivity contribution is 6.04. The molecule has 3 heterocycles. The molecule has 2 N–H and O–H groups in total. The highest BCUT2D eigenvalue weighted by atomic mass is 19.4. The number of halogens is 3. The van der Waals surface area contributed by atoms with Crippen LogP contribution in [0.3, 0.4) is 0 Å². The molecular formula is C30H34F3N7O2. The minimum Gasteiger partial charge on any atom is -0.480 e. The van der Waals surface area contributed by atoms with Crippen LogP contribution >= 0.6 is 0 Å². The fourth-order valence-electron chi connectivity index (χ4n) is 5.04. The van der Waals surface area contributed by atoms with Crippen LogP contribution in [0.15, 0.2) is 54.7 Å². The van der Waals surface area contributed by atoms with Crippen LogP contribution in [0.5, 0.6) is 5.88 Å². The number of benzene rings is 2. The molecule has 0 radical (unpaired) electrons. The quantitative estimate of drug-likeness (QED) is 0.286. The van der Waals surface area contributed by atoms with Crippen LogP contribution in [0.2, 0.25) is 0 Å². The van der Waals surface area contributed by atoms with Crippen LogP contribution in [0.1, 0.15) is 39.7 Å². The molecule has 9 nitrogen and oxygen atoms in total. The molecule has 0 atom stereocenters. The van der Waals surface area contributed by atoms with E-state index in [0.717, 1.165) is 42.6 Å². The minimum absolute atomic E-state index is 0.0530. The summed E-state index contributed by atoms with van der Waals surface area (Å²) in [6.07, 6.45) is -2.86. The Morgan fingerprint density at radius 3 is 2.50 bits per heavy atom. The first-order valence-electron chi connectivity index (χ1n) is 13.8. The standard InChI is InChI=1S/C30H34F3N7O2/c1-4-38-11-13-39(14-12-38)19-22-7-6-21(15-25(22)30(31,32)33)29(41)36-23-8-5-20(2)26(16-23)34-17-24-18-35-27-9-10-28(42-3)37-40(24)27/h5-10,15-16,18,34H,4,11-14,17,19H2,1-3H3,(H,36,41). The monoisotopic (exact) mass is 581 g/mol. The van der Waals surface area contributed by atoms with Crippen LogP contribution < -0.4 is 15.4 Å². The van der Waals surface area contributed by atoms with Crippen molar-refractivity contribution in [2.24, 2.45) is 0 Å². The van der Waals surface area contributed by atoms with Gasteiger partial charge in [0.25, 0.3) is 5.91 Å². The van der Waals surface area contributed by atoms with E-state index < -0.39 is 17.6 Å². The first kappa shape index (κ1) is 29.3. The Hall–Kier alpha value is -4.16. The summed E-state index contributed by atoms with van der Waals surface area (Å²) in [5.74, 6) is -0.157. The number of ether oxygens (including phenoxy) is 1. The summed E-state index contributed by atoms with van der Waals surface area (Å²) in [5.41, 5.74) is 2.94. The maximum Gasteiger partial charge on any atom is 0.416 e. The van der Waals surface area contributed by atoms with E-state index in [4.69, 9.17) is 4.74 Å². The number of methoxy groups -OCH3 is 1. The van der Waals surface area contributed by atoms with Gasteiger partial charge in [0, 0.05) is 55.7 Å². The third-order valence-electron chi connectivity index (χ3n) is 7.56. The van der Waals surface area contributed by atoms with Gasteiger partial charge in [-0.3, -0.25) is 9.69 Å². The van der Waals surface area contributed by atoms with E-state index in [-0.39, 0.29) is 17.7 Å². The Balaban J connectivity index is 1.29. The molecule has 0 aliphatic carbocycles. The SMILES string of the molecule is CCN1CCN(Cc2ccc(C(=O)Nc3ccc(C)c(NCc4cnc5ccc(OC)nn45)c3)cc2C(F)(F)F)CC1. The van der Waals surface area contributed by atoms with Crippen LogP contribution in [0.4, 0.5) is 24.5 Å². The number of fused-ring (bicyclic) bond motifs is 1. The Labute approximate surface area is 242 Å². The molecule has 1 aliphatic rings. The number of piperazine rings is 1. The Morgan fingerprint density at radius 1 is 1.02 bits per heavy atom. The summed E-state index contributed by atoms with van der Waals surface area (Å²) < 4.78 is 49.0. The maximum absolute atomic E-state index is 14.0. The summed E-state index contributed by atoms with van der Waals surface area (Å²) in [7, 11) is 1.54. The Kier molecular flexibility index (Phi) is 8.64. The third kappa shape index (κ3) is 6.66. The van der Waals surface area contributed by atoms with Gasteiger partial charge in [0.05, 0.1) is 31.1 Å². The second-order valence-electron chi connectivity index (χ2n) is 10.3. The van der Waals surface area contributed by atoms with Gasteiger partial charge in [0.1, 0.15) is 0 Å². The number of nitrogens with one attached hydrogen (secondary N) is 2. The number of carbonyl (C=O) groups is 1. The van der Waals surface area contributed by atoms with E-state index in [9.17, 15) is 18.0 Å². The Morgan fingerprint density at radius 2 is 1.79 bits per heavy atom. The lowest BCUT2D eigenvalue weighted by molar-refractivity contribution is -0.138. The molecule has 0 bridgehead atoms. The lowest BCUT2D eigenvalue weighted by atomic mass is 10.0. The van der Waals surface area contributed by atoms with Crippen molar-refractivity contribution in [1.82, 2.24) is 24.4 Å². The summed E-state index contributed by atoms with van der Waals surface area (Å²) in [5, 5.41) is 10.5. The van der Waals surface area contributed by atoms with Crippen LogP contribution in [0.25, 0.3) is 5.65 Å². The molecular weight excluding hydrogens is 547 g/mol. The molecule has 2 aromatic heterocycles. The van der Waals surface area contributed by atoms with Crippen LogP contribution in [-0.4, -0.2) is 70.1 Å². The summed E-state index contributed by atoms with van der Waals surface area (Å²) in [4.78, 5) is 21.7. The average Bonchev–Trinajstić information content (AvgIpc) is 3.39. The number of hydrogen-bond acceptors (Lipinski definition) is 7. The zero-order chi connectivity index (χ0) is 29.9. The predicted octanol–water partition coefficient (Wildman–Crippen LogP) is 5.07. The van der Waals surface area contributed by atoms with Gasteiger partial charge < -0.3 is 20.3 Å². The Bertz CT molecular complexity index is 1560. The van der Waals surface area contributed by atoms with E-state index in [1.807, 2.05) is 17.9 Å². The van der Waals surface area contributed by atoms with Crippen molar-refractivity contribution in [2.75, 3.05) is 50.5 Å². The van der Waals surface area contributed by atoms with Crippen molar-refractivity contribution in [2.45, 2.75) is 33.1 Å². The second-order valence-corrected chi connectivity index (χ2v) is 10.3. The summed E-state index contributed by atoms with van der Waals surface area (Å²) in [6, 6.07) is 12.7. The molecule has 0 unspecified atom stereocenters. The fraction of sp³-hybridized carbons (Fsp3) is 0.367. The molecule has 1 aliphatic heterocycles. The van der Waals surface area contributed by atoms with E-state index in [0.29, 0.717) is 36.8 Å². The number of likely N-dealkylation sites (N-methyl/N-ethyl adjacent to an activating group) is 1. The molecule has 12 heteroatoms. The van der Waals surface area contributed by atoms with Crippen molar-refractivity contribution in [1.29, 1.82) is 0 Å². The first-order valence-corrected chi connectivity index (χ1v) is 13.8. The zero-order valence-corrected chi connectivity index (χ0v) is 23.8. The lowest BCUT2D eigenvalue weighted by Crippen LogP contribution is -2.45. The van der Waals surface area contributed by atoms with Gasteiger partial charge in [-0.1, -0.05) is 19.1 Å². The van der Waals surface area contributed by atoms with Gasteiger partial charge in [0.2, 0.25) is 5.88 Å². The number of rotatable bonds is 9. The van der Waals surface area contributed by atoms with Crippen molar-refractivity contribution >= 4 is 22.9 Å². The molecule has 4 aromatic rings. The molecule has 1 fully saturated rings. The van der Waals surface area contributed by atoms with Gasteiger partial charge in [-0.2, -0.15) is 13.2 Å². The number of alkyl halides is 3. The van der Waals surface area contributed by atoms with E-state index in [1.54, 1.807) is 42.1 Å². The predicted molar refractivity (Wildman–Crippen MR) is 155 cm³/mol. The summed E-state index contributed by atoms with van der Waals surface area (Å²) in [6.45, 7) is 8.58. The number of carbonyl (C=O) groups excluding carboxylic acids is 1. The largest absolute Gasteiger partial charge is 0.480 e. The normalized spacial score (nSPS) is 14.7. The number of aryl methyl sites for hydroxylation is 1. The number of aromatic nitrogens is 3. The summed E-state index contributed by atoms with van der Waals surface area (Å²) >= 11 is 0. The number of imidazole rings is 1. The van der Waals surface area contributed by atoms with Crippen molar-refractivity contribution in [3.05, 3.63) is 82.7 Å². The van der Waals surface area contributed by atoms with Crippen molar-refractivity contribution in [3.8, 4) is 5.88 Å². The lowest BCUT2D eigenvalue weighted by Gasteiger charge is -2.34. The second kappa shape index (κ2) is 12.4. The number of hydrogen-bond donors (Lipinski definition) is 2. The molecule has 1 amide bonds. The van der Waals surface area contributed by atoms with E-state index in [2.05, 4.69) is 32.5 Å². The first-order chi connectivity index (χ1) is 20.1. The van der Waals surface area contributed by atoms with Gasteiger partial charge in [0.15, 0.2) is 5.65 Å². The third-order valence-corrected chi connectivity index (χ3v) is 7.56. The number of anilines is 2. The molecule has 222 valence electrons. The molecule has 1 saturated heterocycles. The molecule has 0 saturated carbocycles. The zero-order valence-electron chi connectivity index (χ0n) is 23.8. The maximum atomic E-state index is 14.0. The number of nitrogens with zero attached hydrogens (tertiary/aromatic N) is 5. The van der Waals surface area contributed by atoms with Gasteiger partial charge in [-0.05, 0) is 54.9 Å². The van der Waals surface area contributed by atoms with Crippen LogP contribution in [0, 0.1) is 6.92 Å². The highest BCUT2D eigenvalue weighted by Crippen LogP contribution is 2.34. The van der Waals surface area contributed by atoms with E-state index >= 15 is 0 Å². The average molecular weight is 582 g/mol. The fourth-order valence-corrected chi connectivity index (χ4v) is 5.04. The van der Waals surface area contributed by atoms with Crippen molar-refractivity contribution < 1.29 is 22.7 Å². The number of amides is 1. The topological polar surface area (TPSA) is 87.0 Å². The molecule has 42 heavy (non-hydrogen) atoms.